The Bertz CT molecular complexity index is 955. The standard InChI is InChI=1S/C24H23NO3/c1-26-19-11-9-18(10-12-19)24-21-4-2-3-20(21)22(23(24)27-13-14-28-24)17-7-5-16(15-25)6-8-17/h5-12,20-21H,2-4,13-14H2,1H3. The molecule has 1 saturated carbocycles. The number of allylic oxidation sites excluding steroid dienone is 1. The molecule has 3 aliphatic rings. The molecule has 2 aliphatic carbocycles. The molecule has 28 heavy (non-hydrogen) atoms. The van der Waals surface area contributed by atoms with E-state index in [0.29, 0.717) is 30.6 Å². The fourth-order valence-corrected chi connectivity index (χ4v) is 5.37. The highest BCUT2D eigenvalue weighted by Gasteiger charge is 2.59. The molecule has 4 nitrogen and oxygen atoms in total. The lowest BCUT2D eigenvalue weighted by Gasteiger charge is -2.41. The average Bonchev–Trinajstić information content (AvgIpc) is 3.34. The van der Waals surface area contributed by atoms with Crippen LogP contribution in [0.1, 0.15) is 36.0 Å². The summed E-state index contributed by atoms with van der Waals surface area (Å²) >= 11 is 0. The Morgan fingerprint density at radius 1 is 1.04 bits per heavy atom. The van der Waals surface area contributed by atoms with Gasteiger partial charge in [0.2, 0.25) is 0 Å². The van der Waals surface area contributed by atoms with Crippen molar-refractivity contribution in [2.24, 2.45) is 11.8 Å². The van der Waals surface area contributed by atoms with Crippen molar-refractivity contribution in [3.05, 3.63) is 71.0 Å². The van der Waals surface area contributed by atoms with Gasteiger partial charge >= 0.3 is 0 Å². The van der Waals surface area contributed by atoms with Crippen LogP contribution in [0.5, 0.6) is 5.75 Å². The lowest BCUT2D eigenvalue weighted by Crippen LogP contribution is -2.42. The van der Waals surface area contributed by atoms with Gasteiger partial charge in [0.05, 0.1) is 25.3 Å². The average molecular weight is 373 g/mol. The number of methoxy groups -OCH3 is 1. The summed E-state index contributed by atoms with van der Waals surface area (Å²) in [5.74, 6) is 2.61. The number of ether oxygens (including phenoxy) is 3. The SMILES string of the molecule is COc1ccc(C23OCCOC2=C(c2ccc(C#N)cc2)C2CCCC23)cc1. The zero-order valence-corrected chi connectivity index (χ0v) is 16.0. The molecule has 0 amide bonds. The summed E-state index contributed by atoms with van der Waals surface area (Å²) in [5.41, 5.74) is 3.71. The molecule has 0 N–H and O–H groups in total. The summed E-state index contributed by atoms with van der Waals surface area (Å²) in [6.45, 7) is 1.17. The van der Waals surface area contributed by atoms with E-state index in [4.69, 9.17) is 19.5 Å². The second kappa shape index (κ2) is 6.68. The van der Waals surface area contributed by atoms with Crippen molar-refractivity contribution in [3.8, 4) is 11.8 Å². The van der Waals surface area contributed by atoms with Crippen molar-refractivity contribution in [2.45, 2.75) is 24.9 Å². The van der Waals surface area contributed by atoms with E-state index in [1.807, 2.05) is 24.3 Å². The topological polar surface area (TPSA) is 51.5 Å². The van der Waals surface area contributed by atoms with E-state index in [9.17, 15) is 0 Å². The van der Waals surface area contributed by atoms with Gasteiger partial charge < -0.3 is 14.2 Å². The molecule has 1 heterocycles. The van der Waals surface area contributed by atoms with Crippen LogP contribution in [-0.4, -0.2) is 20.3 Å². The van der Waals surface area contributed by atoms with Crippen LogP contribution < -0.4 is 4.74 Å². The Hall–Kier alpha value is -2.77. The van der Waals surface area contributed by atoms with Crippen molar-refractivity contribution < 1.29 is 14.2 Å². The van der Waals surface area contributed by atoms with E-state index < -0.39 is 5.60 Å². The molecule has 3 atom stereocenters. The van der Waals surface area contributed by atoms with Crippen LogP contribution >= 0.6 is 0 Å². The van der Waals surface area contributed by atoms with E-state index in [1.165, 1.54) is 12.0 Å². The minimum atomic E-state index is -0.519. The highest BCUT2D eigenvalue weighted by molar-refractivity contribution is 5.76. The second-order valence-corrected chi connectivity index (χ2v) is 7.74. The monoisotopic (exact) mass is 373 g/mol. The van der Waals surface area contributed by atoms with Gasteiger partial charge in [0.15, 0.2) is 5.60 Å². The fraction of sp³-hybridized carbons (Fsp3) is 0.375. The van der Waals surface area contributed by atoms with E-state index >= 15 is 0 Å². The molecule has 0 radical (unpaired) electrons. The largest absolute Gasteiger partial charge is 0.497 e. The van der Waals surface area contributed by atoms with Gasteiger partial charge in [0.25, 0.3) is 0 Å². The van der Waals surface area contributed by atoms with Crippen molar-refractivity contribution in [1.82, 2.24) is 0 Å². The zero-order valence-electron chi connectivity index (χ0n) is 16.0. The molecular formula is C24H23NO3. The molecule has 2 aromatic rings. The zero-order chi connectivity index (χ0) is 19.1. The van der Waals surface area contributed by atoms with Crippen LogP contribution in [-0.2, 0) is 15.1 Å². The summed E-state index contributed by atoms with van der Waals surface area (Å²) < 4.78 is 18.3. The Balaban J connectivity index is 1.69. The number of hydrogen-bond acceptors (Lipinski definition) is 4. The van der Waals surface area contributed by atoms with Gasteiger partial charge in [-0.2, -0.15) is 5.26 Å². The molecule has 1 aliphatic heterocycles. The molecule has 4 heteroatoms. The van der Waals surface area contributed by atoms with Crippen LogP contribution in [0, 0.1) is 23.2 Å². The van der Waals surface area contributed by atoms with Crippen LogP contribution in [0.2, 0.25) is 0 Å². The maximum Gasteiger partial charge on any atom is 0.154 e. The Kier molecular flexibility index (Phi) is 4.14. The van der Waals surface area contributed by atoms with Gasteiger partial charge in [-0.25, -0.2) is 0 Å². The van der Waals surface area contributed by atoms with E-state index in [1.54, 1.807) is 7.11 Å². The lowest BCUT2D eigenvalue weighted by atomic mass is 9.79. The fourth-order valence-electron chi connectivity index (χ4n) is 5.37. The molecule has 3 unspecified atom stereocenters. The van der Waals surface area contributed by atoms with E-state index in [-0.39, 0.29) is 0 Å². The first-order valence-electron chi connectivity index (χ1n) is 9.94. The highest BCUT2D eigenvalue weighted by atomic mass is 16.6. The Labute approximate surface area is 165 Å². The van der Waals surface area contributed by atoms with Crippen molar-refractivity contribution in [2.75, 3.05) is 20.3 Å². The lowest BCUT2D eigenvalue weighted by molar-refractivity contribution is -0.141. The number of benzene rings is 2. The van der Waals surface area contributed by atoms with Gasteiger partial charge in [0, 0.05) is 11.5 Å². The normalized spacial score (nSPS) is 28.3. The number of nitriles is 1. The predicted octanol–water partition coefficient (Wildman–Crippen LogP) is 4.65. The highest BCUT2D eigenvalue weighted by Crippen LogP contribution is 2.62. The predicted molar refractivity (Wildman–Crippen MR) is 105 cm³/mol. The summed E-state index contributed by atoms with van der Waals surface area (Å²) in [4.78, 5) is 0. The van der Waals surface area contributed by atoms with Crippen molar-refractivity contribution >= 4 is 5.57 Å². The maximum atomic E-state index is 9.15. The van der Waals surface area contributed by atoms with Crippen LogP contribution in [0.15, 0.2) is 54.3 Å². The molecule has 2 aromatic carbocycles. The third-order valence-corrected chi connectivity index (χ3v) is 6.49. The van der Waals surface area contributed by atoms with Crippen molar-refractivity contribution in [1.29, 1.82) is 5.26 Å². The smallest absolute Gasteiger partial charge is 0.154 e. The minimum absolute atomic E-state index is 0.377. The molecular weight excluding hydrogens is 350 g/mol. The molecule has 2 fully saturated rings. The van der Waals surface area contributed by atoms with Gasteiger partial charge in [-0.3, -0.25) is 0 Å². The number of nitrogens with zero attached hydrogens (tertiary/aromatic N) is 1. The molecule has 1 saturated heterocycles. The third kappa shape index (κ3) is 2.40. The molecule has 142 valence electrons. The summed E-state index contributed by atoms with van der Waals surface area (Å²) in [5, 5.41) is 9.15. The van der Waals surface area contributed by atoms with Crippen molar-refractivity contribution in [3.63, 3.8) is 0 Å². The number of rotatable bonds is 3. The molecule has 5 rings (SSSR count). The molecule has 0 spiro atoms. The van der Waals surface area contributed by atoms with Gasteiger partial charge in [-0.1, -0.05) is 30.7 Å². The third-order valence-electron chi connectivity index (χ3n) is 6.49. The van der Waals surface area contributed by atoms with Crippen LogP contribution in [0.25, 0.3) is 5.57 Å². The van der Waals surface area contributed by atoms with Crippen LogP contribution in [0.3, 0.4) is 0 Å². The summed E-state index contributed by atoms with van der Waals surface area (Å²) in [7, 11) is 1.68. The van der Waals surface area contributed by atoms with Gasteiger partial charge in [-0.15, -0.1) is 0 Å². The van der Waals surface area contributed by atoms with E-state index in [2.05, 4.69) is 30.3 Å². The second-order valence-electron chi connectivity index (χ2n) is 7.74. The van der Waals surface area contributed by atoms with Gasteiger partial charge in [-0.05, 0) is 54.2 Å². The Morgan fingerprint density at radius 3 is 2.54 bits per heavy atom. The maximum absolute atomic E-state index is 9.15. The first-order chi connectivity index (χ1) is 13.8. The Morgan fingerprint density at radius 2 is 1.82 bits per heavy atom. The number of hydrogen-bond donors (Lipinski definition) is 0. The van der Waals surface area contributed by atoms with Gasteiger partial charge in [0.1, 0.15) is 18.1 Å². The quantitative estimate of drug-likeness (QED) is 0.786. The summed E-state index contributed by atoms with van der Waals surface area (Å²) in [6, 6.07) is 18.3. The summed E-state index contributed by atoms with van der Waals surface area (Å²) in [6.07, 6.45) is 3.47. The molecule has 0 bridgehead atoms. The number of fused-ring (bicyclic) bond motifs is 3. The van der Waals surface area contributed by atoms with Crippen LogP contribution in [0.4, 0.5) is 0 Å². The first-order valence-corrected chi connectivity index (χ1v) is 9.94. The van der Waals surface area contributed by atoms with E-state index in [0.717, 1.165) is 35.5 Å². The minimum Gasteiger partial charge on any atom is -0.497 e. The molecule has 0 aromatic heterocycles. The first kappa shape index (κ1) is 17.3.